The predicted octanol–water partition coefficient (Wildman–Crippen LogP) is 2.81. The van der Waals surface area contributed by atoms with Gasteiger partial charge in [-0.3, -0.25) is 4.79 Å². The zero-order valence-electron chi connectivity index (χ0n) is 16.8. The lowest BCUT2D eigenvalue weighted by atomic mass is 10.1. The highest BCUT2D eigenvalue weighted by Crippen LogP contribution is 2.18. The molecule has 0 unspecified atom stereocenters. The van der Waals surface area contributed by atoms with E-state index in [9.17, 15) is 9.18 Å². The molecule has 1 aromatic carbocycles. The summed E-state index contributed by atoms with van der Waals surface area (Å²) < 4.78 is 15.7. The van der Waals surface area contributed by atoms with Gasteiger partial charge in [0.25, 0.3) is 0 Å². The number of amides is 1. The summed E-state index contributed by atoms with van der Waals surface area (Å²) in [5, 5.41) is 15.3. The first kappa shape index (κ1) is 19.6. The molecule has 1 amide bonds. The zero-order valence-corrected chi connectivity index (χ0v) is 17.6. The Labute approximate surface area is 182 Å². The first-order valence-corrected chi connectivity index (χ1v) is 11.1. The van der Waals surface area contributed by atoms with Crippen LogP contribution in [0.15, 0.2) is 53.9 Å². The highest BCUT2D eigenvalue weighted by molar-refractivity contribution is 7.09. The SMILES string of the molecule is O=C(Cc1ccccc1F)N1CCN(c2ccc3nnc(Cc4cccs4)n3n2)CC1. The van der Waals surface area contributed by atoms with Crippen molar-refractivity contribution < 1.29 is 9.18 Å². The molecule has 3 aromatic heterocycles. The van der Waals surface area contributed by atoms with E-state index in [2.05, 4.69) is 21.2 Å². The monoisotopic (exact) mass is 436 g/mol. The highest BCUT2D eigenvalue weighted by Gasteiger charge is 2.23. The fourth-order valence-corrected chi connectivity index (χ4v) is 4.47. The van der Waals surface area contributed by atoms with Crippen LogP contribution in [0.1, 0.15) is 16.3 Å². The van der Waals surface area contributed by atoms with Gasteiger partial charge in [0.15, 0.2) is 11.5 Å². The Morgan fingerprint density at radius 2 is 1.84 bits per heavy atom. The first-order chi connectivity index (χ1) is 15.2. The maximum atomic E-state index is 13.9. The molecule has 0 radical (unpaired) electrons. The van der Waals surface area contributed by atoms with Gasteiger partial charge in [-0.25, -0.2) is 4.39 Å². The number of hydrogen-bond donors (Lipinski definition) is 0. The summed E-state index contributed by atoms with van der Waals surface area (Å²) >= 11 is 1.69. The number of piperazine rings is 1. The van der Waals surface area contributed by atoms with E-state index >= 15 is 0 Å². The maximum absolute atomic E-state index is 13.9. The standard InChI is InChI=1S/C22H21FN6OS/c23-18-6-2-1-4-16(18)14-22(30)28-11-9-27(10-12-28)20-8-7-19-24-25-21(29(19)26-20)15-17-5-3-13-31-17/h1-8,13H,9-12,14-15H2. The molecule has 0 bridgehead atoms. The topological polar surface area (TPSA) is 66.6 Å². The van der Waals surface area contributed by atoms with E-state index in [-0.39, 0.29) is 18.1 Å². The van der Waals surface area contributed by atoms with Crippen molar-refractivity contribution in [2.45, 2.75) is 12.8 Å². The summed E-state index contributed by atoms with van der Waals surface area (Å²) in [6.45, 7) is 2.50. The van der Waals surface area contributed by atoms with Gasteiger partial charge >= 0.3 is 0 Å². The second kappa shape index (κ2) is 8.43. The number of carbonyl (C=O) groups is 1. The Morgan fingerprint density at radius 1 is 1.00 bits per heavy atom. The van der Waals surface area contributed by atoms with Crippen molar-refractivity contribution in [1.82, 2.24) is 24.7 Å². The van der Waals surface area contributed by atoms with Crippen LogP contribution in [0.2, 0.25) is 0 Å². The van der Waals surface area contributed by atoms with Crippen LogP contribution in [0, 0.1) is 5.82 Å². The molecule has 7 nitrogen and oxygen atoms in total. The maximum Gasteiger partial charge on any atom is 0.227 e. The normalized spacial score (nSPS) is 14.4. The van der Waals surface area contributed by atoms with Gasteiger partial charge < -0.3 is 9.80 Å². The van der Waals surface area contributed by atoms with Crippen LogP contribution in [-0.4, -0.2) is 56.8 Å². The van der Waals surface area contributed by atoms with Crippen LogP contribution in [-0.2, 0) is 17.6 Å². The fraction of sp³-hybridized carbons (Fsp3) is 0.273. The predicted molar refractivity (Wildman–Crippen MR) is 117 cm³/mol. The molecule has 1 saturated heterocycles. The molecule has 9 heteroatoms. The molecule has 0 N–H and O–H groups in total. The molecule has 1 aliphatic heterocycles. The largest absolute Gasteiger partial charge is 0.352 e. The van der Waals surface area contributed by atoms with E-state index in [1.54, 1.807) is 39.0 Å². The fourth-order valence-electron chi connectivity index (χ4n) is 3.77. The number of halogens is 1. The van der Waals surface area contributed by atoms with Crippen LogP contribution in [0.25, 0.3) is 5.65 Å². The first-order valence-electron chi connectivity index (χ1n) is 10.2. The van der Waals surface area contributed by atoms with Crippen molar-refractivity contribution in [3.8, 4) is 0 Å². The van der Waals surface area contributed by atoms with Crippen molar-refractivity contribution >= 4 is 28.7 Å². The molecule has 31 heavy (non-hydrogen) atoms. The molecule has 1 fully saturated rings. The van der Waals surface area contributed by atoms with E-state index in [1.807, 2.05) is 23.6 Å². The molecule has 0 atom stereocenters. The molecule has 158 valence electrons. The average molecular weight is 437 g/mol. The van der Waals surface area contributed by atoms with Crippen LogP contribution in [0.4, 0.5) is 10.2 Å². The van der Waals surface area contributed by atoms with Gasteiger partial charge in [0.2, 0.25) is 5.91 Å². The summed E-state index contributed by atoms with van der Waals surface area (Å²) in [6, 6.07) is 14.4. The third kappa shape index (κ3) is 4.13. The number of rotatable bonds is 5. The molecule has 5 rings (SSSR count). The summed E-state index contributed by atoms with van der Waals surface area (Å²) in [6.07, 6.45) is 0.775. The van der Waals surface area contributed by atoms with Gasteiger partial charge in [-0.1, -0.05) is 24.3 Å². The smallest absolute Gasteiger partial charge is 0.227 e. The van der Waals surface area contributed by atoms with Crippen LogP contribution < -0.4 is 4.90 Å². The second-order valence-electron chi connectivity index (χ2n) is 7.47. The van der Waals surface area contributed by atoms with E-state index in [0.717, 1.165) is 11.6 Å². The zero-order chi connectivity index (χ0) is 21.2. The van der Waals surface area contributed by atoms with Gasteiger partial charge in [-0.05, 0) is 35.2 Å². The number of carbonyl (C=O) groups excluding carboxylic acids is 1. The lowest BCUT2D eigenvalue weighted by molar-refractivity contribution is -0.130. The van der Waals surface area contributed by atoms with Crippen molar-refractivity contribution in [3.63, 3.8) is 0 Å². The van der Waals surface area contributed by atoms with Gasteiger partial charge in [0.1, 0.15) is 11.6 Å². The number of benzene rings is 1. The van der Waals surface area contributed by atoms with Crippen LogP contribution in [0.5, 0.6) is 0 Å². The highest BCUT2D eigenvalue weighted by atomic mass is 32.1. The number of nitrogens with zero attached hydrogens (tertiary/aromatic N) is 6. The Kier molecular flexibility index (Phi) is 5.33. The van der Waals surface area contributed by atoms with Gasteiger partial charge in [-0.15, -0.1) is 26.6 Å². The number of fused-ring (bicyclic) bond motifs is 1. The molecule has 4 heterocycles. The van der Waals surface area contributed by atoms with Crippen LogP contribution in [0.3, 0.4) is 0 Å². The minimum atomic E-state index is -0.334. The quantitative estimate of drug-likeness (QED) is 0.481. The lowest BCUT2D eigenvalue weighted by Gasteiger charge is -2.35. The number of thiophene rings is 1. The summed E-state index contributed by atoms with van der Waals surface area (Å²) in [5.74, 6) is 1.25. The van der Waals surface area contributed by atoms with Crippen LogP contribution >= 0.6 is 11.3 Å². The van der Waals surface area contributed by atoms with Crippen molar-refractivity contribution in [3.05, 3.63) is 76.0 Å². The minimum Gasteiger partial charge on any atom is -0.352 e. The van der Waals surface area contributed by atoms with Crippen molar-refractivity contribution in [2.24, 2.45) is 0 Å². The number of hydrogen-bond acceptors (Lipinski definition) is 6. The van der Waals surface area contributed by atoms with Gasteiger partial charge in [-0.2, -0.15) is 4.52 Å². The second-order valence-corrected chi connectivity index (χ2v) is 8.50. The molecule has 0 saturated carbocycles. The van der Waals surface area contributed by atoms with Gasteiger partial charge in [0.05, 0.1) is 6.42 Å². The summed E-state index contributed by atoms with van der Waals surface area (Å²) in [5.41, 5.74) is 1.15. The van der Waals surface area contributed by atoms with E-state index in [0.29, 0.717) is 43.8 Å². The van der Waals surface area contributed by atoms with Crippen molar-refractivity contribution in [1.29, 1.82) is 0 Å². The Morgan fingerprint density at radius 3 is 2.61 bits per heavy atom. The molecule has 1 aliphatic rings. The number of aromatic nitrogens is 4. The molecular formula is C22H21FN6OS. The summed E-state index contributed by atoms with van der Waals surface area (Å²) in [4.78, 5) is 17.8. The Hall–Kier alpha value is -3.33. The molecular weight excluding hydrogens is 415 g/mol. The summed E-state index contributed by atoms with van der Waals surface area (Å²) in [7, 11) is 0. The van der Waals surface area contributed by atoms with Crippen molar-refractivity contribution in [2.75, 3.05) is 31.1 Å². The molecule has 4 aromatic rings. The van der Waals surface area contributed by atoms with E-state index in [4.69, 9.17) is 5.10 Å². The van der Waals surface area contributed by atoms with E-state index in [1.165, 1.54) is 10.9 Å². The molecule has 0 spiro atoms. The lowest BCUT2D eigenvalue weighted by Crippen LogP contribution is -2.49. The Balaban J connectivity index is 1.26. The third-order valence-corrected chi connectivity index (χ3v) is 6.36. The molecule has 0 aliphatic carbocycles. The Bertz CT molecular complexity index is 1200. The average Bonchev–Trinajstić information content (AvgIpc) is 3.46. The van der Waals surface area contributed by atoms with E-state index < -0.39 is 0 Å². The number of anilines is 1. The third-order valence-electron chi connectivity index (χ3n) is 5.48. The minimum absolute atomic E-state index is 0.0507. The van der Waals surface area contributed by atoms with Gasteiger partial charge in [0, 0.05) is 37.5 Å².